The normalized spacial score (nSPS) is 10.5. The van der Waals surface area contributed by atoms with Gasteiger partial charge in [-0.05, 0) is 0 Å². The molecule has 0 amide bonds. The van der Waals surface area contributed by atoms with E-state index in [0.717, 1.165) is 11.7 Å². The van der Waals surface area contributed by atoms with Crippen molar-refractivity contribution in [2.75, 3.05) is 19.6 Å². The molecule has 0 aromatic heterocycles. The second-order valence-corrected chi connectivity index (χ2v) is 1.42. The van der Waals surface area contributed by atoms with Crippen molar-refractivity contribution in [3.63, 3.8) is 0 Å². The third-order valence-electron chi connectivity index (χ3n) is 0.682. The van der Waals surface area contributed by atoms with Crippen LogP contribution in [-0.2, 0) is 0 Å². The van der Waals surface area contributed by atoms with Crippen molar-refractivity contribution >= 4 is 0 Å². The summed E-state index contributed by atoms with van der Waals surface area (Å²) in [5.74, 6) is 0. The van der Waals surface area contributed by atoms with E-state index < -0.39 is 0 Å². The molecule has 0 unspecified atom stereocenters. The van der Waals surface area contributed by atoms with E-state index in [-0.39, 0.29) is 0 Å². The molecule has 0 atom stereocenters. The topological polar surface area (TPSA) is 61.5 Å². The Hall–Kier alpha value is -0.160. The zero-order chi connectivity index (χ0) is 6.41. The minimum atomic E-state index is 0.462. The highest BCUT2D eigenvalue weighted by atomic mass is 16.5. The highest BCUT2D eigenvalue weighted by molar-refractivity contribution is 4.36. The number of rotatable bonds is 4. The van der Waals surface area contributed by atoms with Crippen molar-refractivity contribution < 1.29 is 5.21 Å². The summed E-state index contributed by atoms with van der Waals surface area (Å²) < 4.78 is 0. The first-order chi connectivity index (χ1) is 3.81. The Balaban J connectivity index is 2.92. The first kappa shape index (κ1) is 7.84. The van der Waals surface area contributed by atoms with E-state index in [9.17, 15) is 0 Å². The lowest BCUT2D eigenvalue weighted by atomic mass is 10.7. The Morgan fingerprint density at radius 1 is 1.75 bits per heavy atom. The molecule has 0 bridgehead atoms. The van der Waals surface area contributed by atoms with Gasteiger partial charge in [-0.1, -0.05) is 6.92 Å². The summed E-state index contributed by atoms with van der Waals surface area (Å²) in [5, 5.41) is 9.68. The Morgan fingerprint density at radius 3 is 2.75 bits per heavy atom. The quantitative estimate of drug-likeness (QED) is 0.422. The molecule has 0 aromatic carbocycles. The minimum Gasteiger partial charge on any atom is -0.329 e. The van der Waals surface area contributed by atoms with Crippen LogP contribution in [0.2, 0.25) is 0 Å². The van der Waals surface area contributed by atoms with Gasteiger partial charge in [-0.25, -0.2) is 5.43 Å². The molecule has 0 aliphatic carbocycles. The van der Waals surface area contributed by atoms with E-state index in [0.29, 0.717) is 13.1 Å². The Kier molecular flexibility index (Phi) is 4.89. The van der Waals surface area contributed by atoms with Crippen LogP contribution >= 0.6 is 0 Å². The standard InChI is InChI=1S/C4H13N3O/c1-2-6-7(8)4-3-5/h6,8H,2-5H2,1H3. The van der Waals surface area contributed by atoms with Crippen LogP contribution < -0.4 is 11.2 Å². The summed E-state index contributed by atoms with van der Waals surface area (Å²) in [6.07, 6.45) is 0. The Bertz CT molecular complexity index is 44.5. The average Bonchev–Trinajstić information content (AvgIpc) is 1.68. The molecule has 4 N–H and O–H groups in total. The van der Waals surface area contributed by atoms with Gasteiger partial charge in [0, 0.05) is 13.1 Å². The monoisotopic (exact) mass is 119 g/mol. The van der Waals surface area contributed by atoms with E-state index in [1.807, 2.05) is 6.92 Å². The fourth-order valence-electron chi connectivity index (χ4n) is 0.384. The van der Waals surface area contributed by atoms with E-state index in [2.05, 4.69) is 5.43 Å². The average molecular weight is 119 g/mol. The minimum absolute atomic E-state index is 0.462. The van der Waals surface area contributed by atoms with Crippen LogP contribution in [-0.4, -0.2) is 30.0 Å². The lowest BCUT2D eigenvalue weighted by molar-refractivity contribution is -0.132. The molecule has 50 valence electrons. The van der Waals surface area contributed by atoms with Gasteiger partial charge < -0.3 is 5.73 Å². The van der Waals surface area contributed by atoms with Gasteiger partial charge in [0.05, 0.1) is 6.54 Å². The maximum absolute atomic E-state index is 8.69. The fraction of sp³-hybridized carbons (Fsp3) is 1.00. The maximum Gasteiger partial charge on any atom is 0.0521 e. The maximum atomic E-state index is 8.69. The molecule has 8 heavy (non-hydrogen) atoms. The molecule has 0 aliphatic rings. The molecular weight excluding hydrogens is 106 g/mol. The van der Waals surface area contributed by atoms with E-state index in [1.165, 1.54) is 0 Å². The molecule has 0 aromatic rings. The van der Waals surface area contributed by atoms with Crippen LogP contribution in [0.1, 0.15) is 6.92 Å². The smallest absolute Gasteiger partial charge is 0.0521 e. The third-order valence-corrected chi connectivity index (χ3v) is 0.682. The number of hydroxylamine groups is 1. The zero-order valence-corrected chi connectivity index (χ0v) is 5.09. The van der Waals surface area contributed by atoms with Crippen molar-refractivity contribution in [1.82, 2.24) is 10.6 Å². The van der Waals surface area contributed by atoms with Crippen LogP contribution in [0.3, 0.4) is 0 Å². The summed E-state index contributed by atoms with van der Waals surface area (Å²) in [6.45, 7) is 3.55. The summed E-state index contributed by atoms with van der Waals surface area (Å²) in [6, 6.07) is 0. The predicted octanol–water partition coefficient (Wildman–Crippen LogP) is -0.839. The van der Waals surface area contributed by atoms with Crippen LogP contribution in [0.5, 0.6) is 0 Å². The van der Waals surface area contributed by atoms with E-state index >= 15 is 0 Å². The summed E-state index contributed by atoms with van der Waals surface area (Å²) >= 11 is 0. The molecule has 0 saturated heterocycles. The summed E-state index contributed by atoms with van der Waals surface area (Å²) in [4.78, 5) is 0. The number of nitrogens with zero attached hydrogens (tertiary/aromatic N) is 1. The SMILES string of the molecule is CCNN(O)CCN. The number of nitrogens with two attached hydrogens (primary N) is 1. The summed E-state index contributed by atoms with van der Waals surface area (Å²) in [5.41, 5.74) is 7.77. The molecular formula is C4H13N3O. The van der Waals surface area contributed by atoms with Gasteiger partial charge in [-0.2, -0.15) is 0 Å². The van der Waals surface area contributed by atoms with Crippen molar-refractivity contribution in [1.29, 1.82) is 0 Å². The second kappa shape index (κ2) is 4.99. The zero-order valence-electron chi connectivity index (χ0n) is 5.09. The van der Waals surface area contributed by atoms with Gasteiger partial charge in [-0.3, -0.25) is 5.21 Å². The molecule has 0 spiro atoms. The van der Waals surface area contributed by atoms with Gasteiger partial charge in [0.1, 0.15) is 0 Å². The molecule has 0 saturated carbocycles. The van der Waals surface area contributed by atoms with Gasteiger partial charge in [0.2, 0.25) is 0 Å². The number of hydrogen-bond acceptors (Lipinski definition) is 4. The summed E-state index contributed by atoms with van der Waals surface area (Å²) in [7, 11) is 0. The largest absolute Gasteiger partial charge is 0.329 e. The lowest BCUT2D eigenvalue weighted by Crippen LogP contribution is -2.38. The number of nitrogens with one attached hydrogen (secondary N) is 1. The van der Waals surface area contributed by atoms with Crippen molar-refractivity contribution in [3.8, 4) is 0 Å². The van der Waals surface area contributed by atoms with Gasteiger partial charge in [0.25, 0.3) is 0 Å². The number of hydrazine groups is 1. The Morgan fingerprint density at radius 2 is 2.38 bits per heavy atom. The van der Waals surface area contributed by atoms with Crippen molar-refractivity contribution in [3.05, 3.63) is 0 Å². The predicted molar refractivity (Wildman–Crippen MR) is 31.2 cm³/mol. The van der Waals surface area contributed by atoms with Gasteiger partial charge in [0.15, 0.2) is 0 Å². The molecule has 4 heteroatoms. The van der Waals surface area contributed by atoms with Gasteiger partial charge >= 0.3 is 0 Å². The van der Waals surface area contributed by atoms with E-state index in [1.54, 1.807) is 0 Å². The highest BCUT2D eigenvalue weighted by Gasteiger charge is 1.91. The van der Waals surface area contributed by atoms with Crippen LogP contribution in [0.25, 0.3) is 0 Å². The third kappa shape index (κ3) is 4.01. The van der Waals surface area contributed by atoms with Crippen LogP contribution in [0, 0.1) is 0 Å². The molecule has 0 fully saturated rings. The highest BCUT2D eigenvalue weighted by Crippen LogP contribution is 1.67. The molecule has 0 aliphatic heterocycles. The van der Waals surface area contributed by atoms with Crippen molar-refractivity contribution in [2.24, 2.45) is 5.73 Å². The van der Waals surface area contributed by atoms with E-state index in [4.69, 9.17) is 10.9 Å². The van der Waals surface area contributed by atoms with Crippen LogP contribution in [0.15, 0.2) is 0 Å². The molecule has 0 rings (SSSR count). The first-order valence-electron chi connectivity index (χ1n) is 2.71. The Labute approximate surface area is 49.2 Å². The first-order valence-corrected chi connectivity index (χ1v) is 2.71. The molecule has 0 heterocycles. The molecule has 0 radical (unpaired) electrons. The van der Waals surface area contributed by atoms with Crippen LogP contribution in [0.4, 0.5) is 0 Å². The van der Waals surface area contributed by atoms with Gasteiger partial charge in [-0.15, -0.1) is 5.17 Å². The number of hydrogen-bond donors (Lipinski definition) is 3. The second-order valence-electron chi connectivity index (χ2n) is 1.42. The lowest BCUT2D eigenvalue weighted by Gasteiger charge is -2.11. The molecule has 4 nitrogen and oxygen atoms in total. The van der Waals surface area contributed by atoms with Crippen molar-refractivity contribution in [2.45, 2.75) is 6.92 Å². The fourth-order valence-corrected chi connectivity index (χ4v) is 0.384.